The van der Waals surface area contributed by atoms with E-state index in [1.54, 1.807) is 11.8 Å². The lowest BCUT2D eigenvalue weighted by atomic mass is 10.1. The van der Waals surface area contributed by atoms with E-state index in [1.807, 2.05) is 11.3 Å². The number of nitrogens with one attached hydrogen (secondary N) is 2. The van der Waals surface area contributed by atoms with Crippen LogP contribution in [0.1, 0.15) is 29.1 Å². The quantitative estimate of drug-likeness (QED) is 0.469. The third-order valence-electron chi connectivity index (χ3n) is 5.00. The van der Waals surface area contributed by atoms with Crippen LogP contribution >= 0.6 is 23.1 Å². The summed E-state index contributed by atoms with van der Waals surface area (Å²) < 4.78 is 5.54. The molecule has 0 bridgehead atoms. The average molecular weight is 413 g/mol. The van der Waals surface area contributed by atoms with E-state index in [9.17, 15) is 5.11 Å². The molecule has 6 nitrogen and oxygen atoms in total. The predicted octanol–water partition coefficient (Wildman–Crippen LogP) is 1.85. The lowest BCUT2D eigenvalue weighted by molar-refractivity contribution is 0.0177. The molecule has 2 fully saturated rings. The maximum Gasteiger partial charge on any atom is 0.191 e. The van der Waals surface area contributed by atoms with Gasteiger partial charge in [-0.2, -0.15) is 11.8 Å². The molecule has 0 radical (unpaired) electrons. The van der Waals surface area contributed by atoms with Crippen molar-refractivity contribution in [2.75, 3.05) is 57.4 Å². The number of rotatable bonds is 7. The Labute approximate surface area is 170 Å². The number of thiophene rings is 1. The lowest BCUT2D eigenvalue weighted by Crippen LogP contribution is -2.46. The monoisotopic (exact) mass is 412 g/mol. The van der Waals surface area contributed by atoms with Crippen LogP contribution in [0.15, 0.2) is 17.1 Å². The van der Waals surface area contributed by atoms with Gasteiger partial charge in [0, 0.05) is 41.7 Å². The SMILES string of the molecule is CCNC(=NCC1(O)CCSC1)NCC(c1ccc(C)s1)N1CCOCC1. The number of hydrogen-bond donors (Lipinski definition) is 3. The molecule has 0 saturated carbocycles. The van der Waals surface area contributed by atoms with E-state index in [1.165, 1.54) is 9.75 Å². The van der Waals surface area contributed by atoms with Crippen molar-refractivity contribution in [1.82, 2.24) is 15.5 Å². The van der Waals surface area contributed by atoms with Crippen molar-refractivity contribution in [1.29, 1.82) is 0 Å². The molecule has 2 aliphatic heterocycles. The Bertz CT molecular complexity index is 611. The highest BCUT2D eigenvalue weighted by Gasteiger charge is 2.31. The number of guanidine groups is 1. The Morgan fingerprint density at radius 3 is 2.81 bits per heavy atom. The molecule has 0 aromatic carbocycles. The zero-order valence-corrected chi connectivity index (χ0v) is 18.0. The third-order valence-corrected chi connectivity index (χ3v) is 7.33. The smallest absolute Gasteiger partial charge is 0.191 e. The molecule has 152 valence electrons. The maximum absolute atomic E-state index is 10.6. The Kier molecular flexibility index (Phi) is 7.84. The summed E-state index contributed by atoms with van der Waals surface area (Å²) in [4.78, 5) is 9.88. The lowest BCUT2D eigenvalue weighted by Gasteiger charge is -2.34. The highest BCUT2D eigenvalue weighted by atomic mass is 32.2. The largest absolute Gasteiger partial charge is 0.387 e. The highest BCUT2D eigenvalue weighted by Crippen LogP contribution is 2.29. The number of nitrogens with zero attached hydrogens (tertiary/aromatic N) is 2. The van der Waals surface area contributed by atoms with Crippen molar-refractivity contribution in [3.63, 3.8) is 0 Å². The topological polar surface area (TPSA) is 69.1 Å². The first-order valence-electron chi connectivity index (χ1n) is 9.80. The van der Waals surface area contributed by atoms with Gasteiger partial charge >= 0.3 is 0 Å². The van der Waals surface area contributed by atoms with Crippen LogP contribution in [0, 0.1) is 6.92 Å². The minimum absolute atomic E-state index is 0.307. The first-order valence-corrected chi connectivity index (χ1v) is 11.8. The fourth-order valence-electron chi connectivity index (χ4n) is 3.41. The molecule has 0 amide bonds. The Balaban J connectivity index is 1.65. The van der Waals surface area contributed by atoms with Gasteiger partial charge in [-0.15, -0.1) is 11.3 Å². The van der Waals surface area contributed by atoms with Gasteiger partial charge in [-0.05, 0) is 38.2 Å². The van der Waals surface area contributed by atoms with E-state index >= 15 is 0 Å². The van der Waals surface area contributed by atoms with Gasteiger partial charge in [0.15, 0.2) is 5.96 Å². The van der Waals surface area contributed by atoms with Crippen LogP contribution in [0.25, 0.3) is 0 Å². The van der Waals surface area contributed by atoms with Crippen molar-refractivity contribution in [2.24, 2.45) is 4.99 Å². The predicted molar refractivity (Wildman–Crippen MR) is 115 cm³/mol. The molecule has 2 aliphatic rings. The van der Waals surface area contributed by atoms with Gasteiger partial charge in [0.25, 0.3) is 0 Å². The van der Waals surface area contributed by atoms with Gasteiger partial charge in [-0.3, -0.25) is 9.89 Å². The van der Waals surface area contributed by atoms with Crippen LogP contribution in [0.5, 0.6) is 0 Å². The molecule has 2 saturated heterocycles. The second-order valence-corrected chi connectivity index (χ2v) is 9.64. The van der Waals surface area contributed by atoms with Crippen LogP contribution in [0.3, 0.4) is 0 Å². The highest BCUT2D eigenvalue weighted by molar-refractivity contribution is 7.99. The molecule has 1 aromatic heterocycles. The van der Waals surface area contributed by atoms with E-state index < -0.39 is 5.60 Å². The second-order valence-electron chi connectivity index (χ2n) is 7.22. The van der Waals surface area contributed by atoms with Crippen molar-refractivity contribution in [3.05, 3.63) is 21.9 Å². The minimum Gasteiger partial charge on any atom is -0.387 e. The molecule has 0 aliphatic carbocycles. The first-order chi connectivity index (χ1) is 13.1. The molecule has 2 atom stereocenters. The van der Waals surface area contributed by atoms with Gasteiger partial charge in [0.1, 0.15) is 0 Å². The molecule has 27 heavy (non-hydrogen) atoms. The van der Waals surface area contributed by atoms with Gasteiger partial charge in [0.2, 0.25) is 0 Å². The molecular formula is C19H32N4O2S2. The number of ether oxygens (including phenoxy) is 1. The normalized spacial score (nSPS) is 25.5. The molecule has 0 spiro atoms. The molecule has 3 rings (SSSR count). The van der Waals surface area contributed by atoms with Crippen molar-refractivity contribution >= 4 is 29.1 Å². The summed E-state index contributed by atoms with van der Waals surface area (Å²) in [6.07, 6.45) is 0.825. The van der Waals surface area contributed by atoms with Crippen LogP contribution in [0.4, 0.5) is 0 Å². The van der Waals surface area contributed by atoms with Crippen molar-refractivity contribution < 1.29 is 9.84 Å². The fourth-order valence-corrected chi connectivity index (χ4v) is 5.71. The van der Waals surface area contributed by atoms with Gasteiger partial charge in [0.05, 0.1) is 31.4 Å². The summed E-state index contributed by atoms with van der Waals surface area (Å²) in [6, 6.07) is 4.74. The zero-order chi connectivity index (χ0) is 19.1. The number of thioether (sulfide) groups is 1. The molecule has 3 heterocycles. The van der Waals surface area contributed by atoms with Crippen LogP contribution in [-0.2, 0) is 4.74 Å². The van der Waals surface area contributed by atoms with Crippen LogP contribution < -0.4 is 10.6 Å². The van der Waals surface area contributed by atoms with Gasteiger partial charge < -0.3 is 20.5 Å². The van der Waals surface area contributed by atoms with Crippen LogP contribution in [-0.4, -0.2) is 79.0 Å². The standard InChI is InChI=1S/C19H32N4O2S2/c1-3-20-18(22-13-19(24)6-11-26-14-19)21-12-16(17-5-4-15(2)27-17)23-7-9-25-10-8-23/h4-5,16,24H,3,6-14H2,1-2H3,(H2,20,21,22). The van der Waals surface area contributed by atoms with Gasteiger partial charge in [-0.1, -0.05) is 0 Å². The van der Waals surface area contributed by atoms with Gasteiger partial charge in [-0.25, -0.2) is 0 Å². The average Bonchev–Trinajstić information content (AvgIpc) is 3.30. The van der Waals surface area contributed by atoms with E-state index in [-0.39, 0.29) is 0 Å². The molecular weight excluding hydrogens is 380 g/mol. The first kappa shape index (κ1) is 20.9. The second kappa shape index (κ2) is 10.1. The Hall–Kier alpha value is -0.800. The summed E-state index contributed by atoms with van der Waals surface area (Å²) >= 11 is 3.67. The third kappa shape index (κ3) is 6.09. The van der Waals surface area contributed by atoms with E-state index in [4.69, 9.17) is 4.74 Å². The van der Waals surface area contributed by atoms with E-state index in [0.717, 1.165) is 63.3 Å². The number of aryl methyl sites for hydroxylation is 1. The summed E-state index contributed by atoms with van der Waals surface area (Å²) in [7, 11) is 0. The molecule has 1 aromatic rings. The molecule has 3 N–H and O–H groups in total. The molecule has 2 unspecified atom stereocenters. The number of aliphatic imine (C=N–C) groups is 1. The Morgan fingerprint density at radius 1 is 1.37 bits per heavy atom. The van der Waals surface area contributed by atoms with Crippen molar-refractivity contribution in [2.45, 2.75) is 31.9 Å². The Morgan fingerprint density at radius 2 is 2.19 bits per heavy atom. The number of hydrogen-bond acceptors (Lipinski definition) is 6. The van der Waals surface area contributed by atoms with Crippen molar-refractivity contribution in [3.8, 4) is 0 Å². The summed E-state index contributed by atoms with van der Waals surface area (Å²) in [5, 5.41) is 17.4. The minimum atomic E-state index is -0.651. The summed E-state index contributed by atoms with van der Waals surface area (Å²) in [5.74, 6) is 2.59. The zero-order valence-electron chi connectivity index (χ0n) is 16.4. The van der Waals surface area contributed by atoms with Crippen LogP contribution in [0.2, 0.25) is 0 Å². The van der Waals surface area contributed by atoms with E-state index in [0.29, 0.717) is 12.6 Å². The summed E-state index contributed by atoms with van der Waals surface area (Å²) in [6.45, 7) is 9.76. The molecule has 8 heteroatoms. The number of morpholine rings is 1. The fraction of sp³-hybridized carbons (Fsp3) is 0.737. The number of aliphatic hydroxyl groups is 1. The van der Waals surface area contributed by atoms with E-state index in [2.05, 4.69) is 46.5 Å². The summed E-state index contributed by atoms with van der Waals surface area (Å²) in [5.41, 5.74) is -0.651. The maximum atomic E-state index is 10.6.